The van der Waals surface area contributed by atoms with Crippen LogP contribution < -0.4 is 14.4 Å². The van der Waals surface area contributed by atoms with Crippen LogP contribution in [0.15, 0.2) is 121 Å². The largest absolute Gasteiger partial charge is 0.457 e. The first-order valence-electron chi connectivity index (χ1n) is 13.5. The van der Waals surface area contributed by atoms with E-state index in [0.29, 0.717) is 28.3 Å². The Hall–Kier alpha value is -5.16. The topological polar surface area (TPSA) is 55.8 Å². The van der Waals surface area contributed by atoms with Crippen LogP contribution in [0.1, 0.15) is 51.3 Å². The molecule has 0 aliphatic carbocycles. The third-order valence-corrected chi connectivity index (χ3v) is 7.53. The lowest BCUT2D eigenvalue weighted by Gasteiger charge is -2.26. The van der Waals surface area contributed by atoms with Crippen molar-refractivity contribution < 1.29 is 19.1 Å². The van der Waals surface area contributed by atoms with Crippen molar-refractivity contribution in [1.82, 2.24) is 0 Å². The van der Waals surface area contributed by atoms with Gasteiger partial charge in [0, 0.05) is 5.41 Å². The van der Waals surface area contributed by atoms with Crippen molar-refractivity contribution in [3.8, 4) is 23.0 Å². The summed E-state index contributed by atoms with van der Waals surface area (Å²) in [6, 6.07) is 38.1. The molecule has 1 heterocycles. The molecule has 5 aromatic carbocycles. The second kappa shape index (κ2) is 10.4. The van der Waals surface area contributed by atoms with E-state index in [2.05, 4.69) is 45.0 Å². The molecular formula is C36H29NO4. The van der Waals surface area contributed by atoms with E-state index in [1.807, 2.05) is 48.5 Å². The molecule has 0 aromatic heterocycles. The van der Waals surface area contributed by atoms with Gasteiger partial charge in [0.2, 0.25) is 0 Å². The lowest BCUT2D eigenvalue weighted by atomic mass is 9.78. The second-order valence-electron chi connectivity index (χ2n) is 10.7. The van der Waals surface area contributed by atoms with Crippen LogP contribution in [0.25, 0.3) is 0 Å². The normalized spacial score (nSPS) is 12.8. The summed E-state index contributed by atoms with van der Waals surface area (Å²) in [5.41, 5.74) is 4.65. The summed E-state index contributed by atoms with van der Waals surface area (Å²) in [6.45, 7) is 6.44. The zero-order valence-electron chi connectivity index (χ0n) is 23.1. The molecule has 0 spiro atoms. The van der Waals surface area contributed by atoms with Crippen molar-refractivity contribution in [3.05, 3.63) is 149 Å². The number of hydrogen-bond acceptors (Lipinski definition) is 4. The summed E-state index contributed by atoms with van der Waals surface area (Å²) in [4.78, 5) is 26.7. The van der Waals surface area contributed by atoms with E-state index in [-0.39, 0.29) is 17.2 Å². The van der Waals surface area contributed by atoms with E-state index in [4.69, 9.17) is 9.47 Å². The fourth-order valence-corrected chi connectivity index (χ4v) is 5.01. The monoisotopic (exact) mass is 539 g/mol. The van der Waals surface area contributed by atoms with E-state index in [9.17, 15) is 9.59 Å². The highest BCUT2D eigenvalue weighted by molar-refractivity contribution is 6.34. The Labute approximate surface area is 239 Å². The molecule has 5 heteroatoms. The smallest absolute Gasteiger partial charge is 0.266 e. The van der Waals surface area contributed by atoms with Crippen LogP contribution in [0.2, 0.25) is 0 Å². The van der Waals surface area contributed by atoms with Crippen LogP contribution in [0.5, 0.6) is 23.0 Å². The van der Waals surface area contributed by atoms with Gasteiger partial charge < -0.3 is 9.47 Å². The molecule has 5 nitrogen and oxygen atoms in total. The maximum Gasteiger partial charge on any atom is 0.266 e. The molecule has 6 rings (SSSR count). The number of amides is 2. The van der Waals surface area contributed by atoms with E-state index in [1.165, 1.54) is 16.0 Å². The highest BCUT2D eigenvalue weighted by Gasteiger charge is 2.36. The predicted molar refractivity (Wildman–Crippen MR) is 160 cm³/mol. The number of ether oxygens (including phenoxy) is 2. The first-order chi connectivity index (χ1) is 19.8. The standard InChI is InChI=1S/C36H29NO4/c1-24-8-16-28(17-9-24)40-29-18-10-25(11-19-29)36(2,3)26-12-20-30(21-13-26)41-31-22-14-27(15-23-31)37-34(38)32-6-4-5-7-33(32)35(37)39/h4-23H,1-3H3. The van der Waals surface area contributed by atoms with Crippen LogP contribution >= 0.6 is 0 Å². The summed E-state index contributed by atoms with van der Waals surface area (Å²) in [5, 5.41) is 0. The number of fused-ring (bicyclic) bond motifs is 1. The molecule has 0 saturated heterocycles. The van der Waals surface area contributed by atoms with Gasteiger partial charge >= 0.3 is 0 Å². The van der Waals surface area contributed by atoms with Crippen molar-refractivity contribution >= 4 is 17.5 Å². The summed E-state index contributed by atoms with van der Waals surface area (Å²) < 4.78 is 12.0. The number of nitrogens with zero attached hydrogens (tertiary/aromatic N) is 1. The van der Waals surface area contributed by atoms with Crippen LogP contribution in [0.4, 0.5) is 5.69 Å². The van der Waals surface area contributed by atoms with Crippen molar-refractivity contribution in [3.63, 3.8) is 0 Å². The van der Waals surface area contributed by atoms with Gasteiger partial charge in [0.1, 0.15) is 23.0 Å². The predicted octanol–water partition coefficient (Wildman–Crippen LogP) is 8.71. The van der Waals surface area contributed by atoms with E-state index in [1.54, 1.807) is 48.5 Å². The Morgan fingerprint density at radius 2 is 0.878 bits per heavy atom. The molecule has 41 heavy (non-hydrogen) atoms. The number of aryl methyl sites for hydroxylation is 1. The third kappa shape index (κ3) is 5.10. The first-order valence-corrected chi connectivity index (χ1v) is 13.5. The first kappa shape index (κ1) is 26.1. The van der Waals surface area contributed by atoms with Gasteiger partial charge in [0.05, 0.1) is 16.8 Å². The van der Waals surface area contributed by atoms with Gasteiger partial charge in [-0.25, -0.2) is 4.90 Å². The summed E-state index contributed by atoms with van der Waals surface area (Å²) in [5.74, 6) is 2.29. The Morgan fingerprint density at radius 1 is 0.512 bits per heavy atom. The highest BCUT2D eigenvalue weighted by atomic mass is 16.5. The number of imide groups is 1. The molecule has 5 aromatic rings. The van der Waals surface area contributed by atoms with Crippen molar-refractivity contribution in [2.45, 2.75) is 26.2 Å². The molecular weight excluding hydrogens is 510 g/mol. The van der Waals surface area contributed by atoms with Crippen molar-refractivity contribution in [2.75, 3.05) is 4.90 Å². The number of carbonyl (C=O) groups is 2. The van der Waals surface area contributed by atoms with Gasteiger partial charge in [0.15, 0.2) is 0 Å². The van der Waals surface area contributed by atoms with Crippen molar-refractivity contribution in [2.24, 2.45) is 0 Å². The Balaban J connectivity index is 1.12. The minimum atomic E-state index is -0.314. The fraction of sp³-hybridized carbons (Fsp3) is 0.111. The van der Waals surface area contributed by atoms with Crippen molar-refractivity contribution in [1.29, 1.82) is 0 Å². The van der Waals surface area contributed by atoms with E-state index in [0.717, 1.165) is 17.1 Å². The van der Waals surface area contributed by atoms with Crippen LogP contribution in [-0.2, 0) is 5.41 Å². The average Bonchev–Trinajstić information content (AvgIpc) is 3.25. The maximum absolute atomic E-state index is 12.8. The highest BCUT2D eigenvalue weighted by Crippen LogP contribution is 2.35. The molecule has 0 fully saturated rings. The lowest BCUT2D eigenvalue weighted by molar-refractivity contribution is 0.0926. The second-order valence-corrected chi connectivity index (χ2v) is 10.7. The third-order valence-electron chi connectivity index (χ3n) is 7.53. The fourth-order valence-electron chi connectivity index (χ4n) is 5.01. The van der Waals surface area contributed by atoms with Gasteiger partial charge in [-0.2, -0.15) is 0 Å². The number of benzene rings is 5. The average molecular weight is 540 g/mol. The van der Waals surface area contributed by atoms with Gasteiger partial charge in [-0.15, -0.1) is 0 Å². The minimum absolute atomic E-state index is 0.227. The molecule has 1 aliphatic rings. The molecule has 0 radical (unpaired) electrons. The number of anilines is 1. The van der Waals surface area contributed by atoms with Gasteiger partial charge in [-0.05, 0) is 90.8 Å². The van der Waals surface area contributed by atoms with Gasteiger partial charge in [-0.3, -0.25) is 9.59 Å². The molecule has 1 aliphatic heterocycles. The Bertz CT molecular complexity index is 1680. The van der Waals surface area contributed by atoms with E-state index >= 15 is 0 Å². The van der Waals surface area contributed by atoms with Crippen LogP contribution in [0, 0.1) is 6.92 Å². The summed E-state index contributed by atoms with van der Waals surface area (Å²) in [6.07, 6.45) is 0. The zero-order chi connectivity index (χ0) is 28.6. The molecule has 0 unspecified atom stereocenters. The van der Waals surface area contributed by atoms with E-state index < -0.39 is 0 Å². The SMILES string of the molecule is Cc1ccc(Oc2ccc(C(C)(C)c3ccc(Oc4ccc(N5C(=O)c6ccccc6C5=O)cc4)cc3)cc2)cc1. The molecule has 0 atom stereocenters. The summed E-state index contributed by atoms with van der Waals surface area (Å²) in [7, 11) is 0. The quantitative estimate of drug-likeness (QED) is 0.194. The van der Waals surface area contributed by atoms with Crippen LogP contribution in [0.3, 0.4) is 0 Å². The Kier molecular flexibility index (Phi) is 6.64. The summed E-state index contributed by atoms with van der Waals surface area (Å²) >= 11 is 0. The van der Waals surface area contributed by atoms with Crippen LogP contribution in [-0.4, -0.2) is 11.8 Å². The lowest BCUT2D eigenvalue weighted by Crippen LogP contribution is -2.29. The molecule has 0 N–H and O–H groups in total. The van der Waals surface area contributed by atoms with Gasteiger partial charge in [-0.1, -0.05) is 67.9 Å². The molecule has 0 bridgehead atoms. The minimum Gasteiger partial charge on any atom is -0.457 e. The number of carbonyl (C=O) groups excluding carboxylic acids is 2. The molecule has 202 valence electrons. The zero-order valence-corrected chi connectivity index (χ0v) is 23.1. The number of hydrogen-bond donors (Lipinski definition) is 0. The number of rotatable bonds is 7. The Morgan fingerprint density at radius 3 is 1.29 bits per heavy atom. The maximum atomic E-state index is 12.8. The molecule has 0 saturated carbocycles. The molecule has 2 amide bonds. The van der Waals surface area contributed by atoms with Gasteiger partial charge in [0.25, 0.3) is 11.8 Å².